The minimum atomic E-state index is -2.83. The van der Waals surface area contributed by atoms with Crippen LogP contribution in [-0.2, 0) is 0 Å². The lowest BCUT2D eigenvalue weighted by Crippen LogP contribution is -2.11. The van der Waals surface area contributed by atoms with Crippen molar-refractivity contribution >= 4 is 22.3 Å². The van der Waals surface area contributed by atoms with E-state index in [1.165, 1.54) is 6.07 Å². The highest BCUT2D eigenvalue weighted by molar-refractivity contribution is 6.11. The molecule has 2 N–H and O–H groups in total. The lowest BCUT2D eigenvalue weighted by molar-refractivity contribution is 0.188. The average molecular weight is 383 g/mol. The van der Waals surface area contributed by atoms with Crippen molar-refractivity contribution in [2.24, 2.45) is 10.7 Å². The SMILES string of the molecule is CC(C)c1ccc(C(C=C(N)C(F)F)=Nc2cccc3ncccc23)cc1F. The van der Waals surface area contributed by atoms with Crippen LogP contribution in [0.1, 0.15) is 30.9 Å². The fourth-order valence-corrected chi connectivity index (χ4v) is 2.87. The summed E-state index contributed by atoms with van der Waals surface area (Å²) < 4.78 is 40.5. The summed E-state index contributed by atoms with van der Waals surface area (Å²) in [6, 6.07) is 13.5. The quantitative estimate of drug-likeness (QED) is 0.573. The molecule has 0 aliphatic heterocycles. The maximum Gasteiger partial charge on any atom is 0.277 e. The Morgan fingerprint density at radius 1 is 1.11 bits per heavy atom. The number of fused-ring (bicyclic) bond motifs is 1. The van der Waals surface area contributed by atoms with E-state index >= 15 is 0 Å². The number of allylic oxidation sites excluding steroid dienone is 2. The fourth-order valence-electron chi connectivity index (χ4n) is 2.87. The van der Waals surface area contributed by atoms with Crippen LogP contribution >= 0.6 is 0 Å². The highest BCUT2D eigenvalue weighted by atomic mass is 19.3. The van der Waals surface area contributed by atoms with Crippen LogP contribution in [0.5, 0.6) is 0 Å². The van der Waals surface area contributed by atoms with Gasteiger partial charge in [0.1, 0.15) is 5.82 Å². The van der Waals surface area contributed by atoms with Crippen molar-refractivity contribution in [3.8, 4) is 0 Å². The van der Waals surface area contributed by atoms with Crippen molar-refractivity contribution in [3.05, 3.63) is 83.4 Å². The molecule has 0 aliphatic carbocycles. The molecule has 0 spiro atoms. The summed E-state index contributed by atoms with van der Waals surface area (Å²) in [6.45, 7) is 3.76. The van der Waals surface area contributed by atoms with E-state index in [0.717, 1.165) is 17.0 Å². The van der Waals surface area contributed by atoms with Crippen LogP contribution in [0.3, 0.4) is 0 Å². The van der Waals surface area contributed by atoms with E-state index in [2.05, 4.69) is 9.98 Å². The molecule has 0 aliphatic rings. The number of nitrogens with two attached hydrogens (primary N) is 1. The van der Waals surface area contributed by atoms with Crippen molar-refractivity contribution in [1.82, 2.24) is 4.98 Å². The monoisotopic (exact) mass is 383 g/mol. The minimum absolute atomic E-state index is 0.000237. The smallest absolute Gasteiger partial charge is 0.277 e. The van der Waals surface area contributed by atoms with Gasteiger partial charge < -0.3 is 5.73 Å². The first kappa shape index (κ1) is 19.6. The zero-order valence-corrected chi connectivity index (χ0v) is 15.5. The Hall–Kier alpha value is -3.15. The third kappa shape index (κ3) is 4.22. The molecule has 0 atom stereocenters. The summed E-state index contributed by atoms with van der Waals surface area (Å²) in [5.41, 5.74) is 7.15. The topological polar surface area (TPSA) is 51.3 Å². The normalized spacial score (nSPS) is 13.0. The Balaban J connectivity index is 2.19. The van der Waals surface area contributed by atoms with Gasteiger partial charge in [0, 0.05) is 17.1 Å². The van der Waals surface area contributed by atoms with Crippen LogP contribution in [0, 0.1) is 5.82 Å². The van der Waals surface area contributed by atoms with E-state index in [9.17, 15) is 13.2 Å². The molecule has 6 heteroatoms. The van der Waals surface area contributed by atoms with Crippen molar-refractivity contribution in [3.63, 3.8) is 0 Å². The van der Waals surface area contributed by atoms with Gasteiger partial charge in [-0.2, -0.15) is 0 Å². The second kappa shape index (κ2) is 8.25. The Bertz CT molecular complexity index is 1050. The van der Waals surface area contributed by atoms with Crippen LogP contribution in [-0.4, -0.2) is 17.1 Å². The second-order valence-electron chi connectivity index (χ2n) is 6.68. The summed E-state index contributed by atoms with van der Waals surface area (Å²) in [5, 5.41) is 0.755. The molecule has 0 amide bonds. The maximum atomic E-state index is 14.5. The fraction of sp³-hybridized carbons (Fsp3) is 0.182. The standard InChI is InChI=1S/C22H20F3N3/c1-13(2)15-9-8-14(11-17(15)23)21(12-18(26)22(24)25)28-20-7-3-6-19-16(20)5-4-10-27-19/h3-13,22H,26H2,1-2H3. The molecule has 0 saturated carbocycles. The van der Waals surface area contributed by atoms with Crippen molar-refractivity contribution in [2.45, 2.75) is 26.2 Å². The van der Waals surface area contributed by atoms with Crippen LogP contribution in [0.4, 0.5) is 18.9 Å². The number of hydrogen-bond donors (Lipinski definition) is 1. The lowest BCUT2D eigenvalue weighted by Gasteiger charge is -2.11. The molecule has 0 bridgehead atoms. The molecular formula is C22H20F3N3. The van der Waals surface area contributed by atoms with E-state index in [1.807, 2.05) is 26.0 Å². The number of rotatable bonds is 5. The largest absolute Gasteiger partial charge is 0.397 e. The summed E-state index contributed by atoms with van der Waals surface area (Å²) in [4.78, 5) is 8.78. The van der Waals surface area contributed by atoms with Gasteiger partial charge in [0.05, 0.1) is 22.6 Å². The van der Waals surface area contributed by atoms with E-state index in [4.69, 9.17) is 5.73 Å². The summed E-state index contributed by atoms with van der Waals surface area (Å²) in [5.74, 6) is -0.413. The molecule has 3 aromatic rings. The van der Waals surface area contributed by atoms with Gasteiger partial charge in [0.25, 0.3) is 6.43 Å². The molecule has 1 heterocycles. The first-order chi connectivity index (χ1) is 13.4. The summed E-state index contributed by atoms with van der Waals surface area (Å²) >= 11 is 0. The molecule has 0 fully saturated rings. The molecule has 0 radical (unpaired) electrons. The third-order valence-electron chi connectivity index (χ3n) is 4.34. The van der Waals surface area contributed by atoms with E-state index in [1.54, 1.807) is 36.5 Å². The third-order valence-corrected chi connectivity index (χ3v) is 4.34. The number of nitrogens with zero attached hydrogens (tertiary/aromatic N) is 2. The lowest BCUT2D eigenvalue weighted by atomic mass is 9.99. The first-order valence-corrected chi connectivity index (χ1v) is 8.84. The molecule has 1 aromatic heterocycles. The second-order valence-corrected chi connectivity index (χ2v) is 6.68. The minimum Gasteiger partial charge on any atom is -0.397 e. The van der Waals surface area contributed by atoms with Gasteiger partial charge in [-0.25, -0.2) is 18.2 Å². The van der Waals surface area contributed by atoms with Gasteiger partial charge in [-0.05, 0) is 47.9 Å². The highest BCUT2D eigenvalue weighted by Crippen LogP contribution is 2.27. The molecule has 3 rings (SSSR count). The number of alkyl halides is 2. The average Bonchev–Trinajstić information content (AvgIpc) is 2.67. The van der Waals surface area contributed by atoms with E-state index in [-0.39, 0.29) is 11.6 Å². The molecule has 2 aromatic carbocycles. The van der Waals surface area contributed by atoms with Gasteiger partial charge in [0.2, 0.25) is 0 Å². The zero-order valence-electron chi connectivity index (χ0n) is 15.5. The maximum absolute atomic E-state index is 14.5. The Morgan fingerprint density at radius 3 is 2.57 bits per heavy atom. The number of halogens is 3. The van der Waals surface area contributed by atoms with Gasteiger partial charge in [-0.1, -0.05) is 32.0 Å². The molecular weight excluding hydrogens is 363 g/mol. The van der Waals surface area contributed by atoms with Crippen LogP contribution in [0.2, 0.25) is 0 Å². The van der Waals surface area contributed by atoms with E-state index < -0.39 is 17.9 Å². The van der Waals surface area contributed by atoms with Gasteiger partial charge in [0.15, 0.2) is 0 Å². The number of aliphatic imine (C=N–C) groups is 1. The molecule has 3 nitrogen and oxygen atoms in total. The number of pyridine rings is 1. The van der Waals surface area contributed by atoms with Crippen molar-refractivity contribution < 1.29 is 13.2 Å². The predicted octanol–water partition coefficient (Wildman–Crippen LogP) is 5.73. The molecule has 0 unspecified atom stereocenters. The Kier molecular flexibility index (Phi) is 5.78. The van der Waals surface area contributed by atoms with Crippen LogP contribution < -0.4 is 5.73 Å². The summed E-state index contributed by atoms with van der Waals surface area (Å²) in [6.07, 6.45) is -0.0889. The van der Waals surface area contributed by atoms with Crippen LogP contribution in [0.25, 0.3) is 10.9 Å². The number of benzene rings is 2. The predicted molar refractivity (Wildman–Crippen MR) is 107 cm³/mol. The number of aromatic nitrogens is 1. The molecule has 0 saturated heterocycles. The summed E-state index contributed by atoms with van der Waals surface area (Å²) in [7, 11) is 0. The van der Waals surface area contributed by atoms with Crippen LogP contribution in [0.15, 0.2) is 71.5 Å². The molecule has 28 heavy (non-hydrogen) atoms. The number of hydrogen-bond acceptors (Lipinski definition) is 3. The van der Waals surface area contributed by atoms with Gasteiger partial charge >= 0.3 is 0 Å². The van der Waals surface area contributed by atoms with Gasteiger partial charge in [-0.15, -0.1) is 0 Å². The zero-order chi connectivity index (χ0) is 20.3. The highest BCUT2D eigenvalue weighted by Gasteiger charge is 2.13. The van der Waals surface area contributed by atoms with Gasteiger partial charge in [-0.3, -0.25) is 4.98 Å². The van der Waals surface area contributed by atoms with Crippen molar-refractivity contribution in [1.29, 1.82) is 0 Å². The Morgan fingerprint density at radius 2 is 1.89 bits per heavy atom. The molecule has 144 valence electrons. The Labute approximate surface area is 161 Å². The first-order valence-electron chi connectivity index (χ1n) is 8.84. The van der Waals surface area contributed by atoms with Crippen molar-refractivity contribution in [2.75, 3.05) is 0 Å². The van der Waals surface area contributed by atoms with E-state index in [0.29, 0.717) is 16.8 Å².